The minimum atomic E-state index is -0.0920. The third kappa shape index (κ3) is 1.57. The molecule has 0 bridgehead atoms. The fourth-order valence-corrected chi connectivity index (χ4v) is 1.17. The lowest BCUT2D eigenvalue weighted by Crippen LogP contribution is -2.14. The first-order valence-electron chi connectivity index (χ1n) is 3.47. The Morgan fingerprint density at radius 1 is 1.45 bits per heavy atom. The summed E-state index contributed by atoms with van der Waals surface area (Å²) in [6.45, 7) is 3.76. The topological polar surface area (TPSA) is 48.6 Å². The van der Waals surface area contributed by atoms with Gasteiger partial charge in [-0.15, -0.1) is 0 Å². The highest BCUT2D eigenvalue weighted by atomic mass is 32.1. The molecule has 0 spiro atoms. The number of aryl methyl sites for hydroxylation is 1. The highest BCUT2D eigenvalue weighted by Gasteiger charge is 1.98. The normalized spacial score (nSPS) is 10.0. The van der Waals surface area contributed by atoms with Gasteiger partial charge in [0.1, 0.15) is 0 Å². The maximum Gasteiger partial charge on any atom is 0.254 e. The summed E-state index contributed by atoms with van der Waals surface area (Å²) in [5.41, 5.74) is 1.55. The number of aromatic nitrogens is 2. The quantitative estimate of drug-likeness (QED) is 0.624. The first-order chi connectivity index (χ1) is 5.15. The summed E-state index contributed by atoms with van der Waals surface area (Å²) in [7, 11) is 0. The van der Waals surface area contributed by atoms with Gasteiger partial charge < -0.3 is 4.98 Å². The van der Waals surface area contributed by atoms with E-state index in [1.165, 1.54) is 0 Å². The SMILES string of the molecule is CCc1[nH]c(=S)[nH]c(=O)c1C. The zero-order chi connectivity index (χ0) is 8.43. The molecule has 0 fully saturated rings. The number of hydrogen-bond acceptors (Lipinski definition) is 2. The summed E-state index contributed by atoms with van der Waals surface area (Å²) >= 11 is 4.80. The minimum Gasteiger partial charge on any atom is -0.336 e. The van der Waals surface area contributed by atoms with Crippen molar-refractivity contribution in [2.75, 3.05) is 0 Å². The van der Waals surface area contributed by atoms with E-state index in [1.54, 1.807) is 6.92 Å². The largest absolute Gasteiger partial charge is 0.336 e. The predicted octanol–water partition coefficient (Wildman–Crippen LogP) is 1.30. The van der Waals surface area contributed by atoms with Gasteiger partial charge in [-0.1, -0.05) is 6.92 Å². The molecule has 1 heterocycles. The molecule has 1 rings (SSSR count). The van der Waals surface area contributed by atoms with Gasteiger partial charge in [-0.3, -0.25) is 9.78 Å². The molecule has 4 heteroatoms. The number of hydrogen-bond donors (Lipinski definition) is 2. The van der Waals surface area contributed by atoms with Crippen LogP contribution in [-0.4, -0.2) is 9.97 Å². The van der Waals surface area contributed by atoms with Gasteiger partial charge in [-0.25, -0.2) is 0 Å². The van der Waals surface area contributed by atoms with Crippen LogP contribution in [0.4, 0.5) is 0 Å². The van der Waals surface area contributed by atoms with Gasteiger partial charge in [0.25, 0.3) is 5.56 Å². The summed E-state index contributed by atoms with van der Waals surface area (Å²) in [4.78, 5) is 16.5. The highest BCUT2D eigenvalue weighted by Crippen LogP contribution is 1.96. The van der Waals surface area contributed by atoms with Crippen molar-refractivity contribution in [3.8, 4) is 0 Å². The lowest BCUT2D eigenvalue weighted by atomic mass is 10.2. The number of nitrogens with one attached hydrogen (secondary N) is 2. The van der Waals surface area contributed by atoms with Gasteiger partial charge in [0, 0.05) is 11.3 Å². The highest BCUT2D eigenvalue weighted by molar-refractivity contribution is 7.71. The lowest BCUT2D eigenvalue weighted by Gasteiger charge is -1.99. The van der Waals surface area contributed by atoms with E-state index in [4.69, 9.17) is 12.2 Å². The van der Waals surface area contributed by atoms with E-state index in [0.29, 0.717) is 4.77 Å². The Balaban J connectivity index is 3.49. The molecular weight excluding hydrogens is 160 g/mol. The minimum absolute atomic E-state index is 0.0920. The van der Waals surface area contributed by atoms with Crippen LogP contribution >= 0.6 is 12.2 Å². The second-order valence-corrected chi connectivity index (χ2v) is 2.77. The second kappa shape index (κ2) is 3.00. The molecule has 0 aliphatic rings. The summed E-state index contributed by atoms with van der Waals surface area (Å²) in [5, 5.41) is 0. The van der Waals surface area contributed by atoms with Crippen LogP contribution in [0.2, 0.25) is 0 Å². The van der Waals surface area contributed by atoms with Crippen LogP contribution in [0.25, 0.3) is 0 Å². The molecule has 0 unspecified atom stereocenters. The van der Waals surface area contributed by atoms with E-state index in [2.05, 4.69) is 9.97 Å². The standard InChI is InChI=1S/C7H10N2OS/c1-3-5-4(2)6(10)9-7(11)8-5/h3H2,1-2H3,(H2,8,9,10,11). The van der Waals surface area contributed by atoms with Crippen molar-refractivity contribution in [3.63, 3.8) is 0 Å². The summed E-state index contributed by atoms with van der Waals surface area (Å²) in [5.74, 6) is 0. The zero-order valence-electron chi connectivity index (χ0n) is 6.52. The van der Waals surface area contributed by atoms with Crippen LogP contribution in [0.5, 0.6) is 0 Å². The van der Waals surface area contributed by atoms with E-state index >= 15 is 0 Å². The van der Waals surface area contributed by atoms with Gasteiger partial charge in [0.05, 0.1) is 0 Å². The molecule has 0 atom stereocenters. The average molecular weight is 170 g/mol. The Hall–Kier alpha value is -0.900. The molecule has 3 nitrogen and oxygen atoms in total. The monoisotopic (exact) mass is 170 g/mol. The molecule has 0 amide bonds. The Kier molecular flexibility index (Phi) is 2.24. The van der Waals surface area contributed by atoms with Crippen molar-refractivity contribution in [3.05, 3.63) is 26.4 Å². The summed E-state index contributed by atoms with van der Waals surface area (Å²) in [6.07, 6.45) is 0.805. The summed E-state index contributed by atoms with van der Waals surface area (Å²) in [6, 6.07) is 0. The fraction of sp³-hybridized carbons (Fsp3) is 0.429. The van der Waals surface area contributed by atoms with Crippen LogP contribution < -0.4 is 5.56 Å². The van der Waals surface area contributed by atoms with Crippen molar-refractivity contribution in [1.29, 1.82) is 0 Å². The third-order valence-corrected chi connectivity index (χ3v) is 1.84. The molecule has 0 radical (unpaired) electrons. The van der Waals surface area contributed by atoms with Crippen LogP contribution in [0, 0.1) is 11.7 Å². The maximum atomic E-state index is 11.1. The fourth-order valence-electron chi connectivity index (χ4n) is 0.950. The van der Waals surface area contributed by atoms with Crippen molar-refractivity contribution >= 4 is 12.2 Å². The molecule has 1 aromatic heterocycles. The molecule has 0 aliphatic carbocycles. The van der Waals surface area contributed by atoms with Crippen LogP contribution in [0.1, 0.15) is 18.2 Å². The van der Waals surface area contributed by atoms with Crippen molar-refractivity contribution in [1.82, 2.24) is 9.97 Å². The number of rotatable bonds is 1. The van der Waals surface area contributed by atoms with Gasteiger partial charge in [0.15, 0.2) is 4.77 Å². The number of H-pyrrole nitrogens is 2. The zero-order valence-corrected chi connectivity index (χ0v) is 7.34. The van der Waals surface area contributed by atoms with E-state index in [9.17, 15) is 4.79 Å². The smallest absolute Gasteiger partial charge is 0.254 e. The van der Waals surface area contributed by atoms with Crippen LogP contribution in [0.3, 0.4) is 0 Å². The molecule has 0 aliphatic heterocycles. The van der Waals surface area contributed by atoms with E-state index in [0.717, 1.165) is 17.7 Å². The Bertz CT molecular complexity index is 363. The van der Waals surface area contributed by atoms with Gasteiger partial charge in [-0.2, -0.15) is 0 Å². The molecule has 60 valence electrons. The molecular formula is C7H10N2OS. The predicted molar refractivity (Wildman–Crippen MR) is 46.4 cm³/mol. The van der Waals surface area contributed by atoms with E-state index in [1.807, 2.05) is 6.92 Å². The van der Waals surface area contributed by atoms with Gasteiger partial charge in [-0.05, 0) is 25.6 Å². The lowest BCUT2D eigenvalue weighted by molar-refractivity contribution is 0.933. The van der Waals surface area contributed by atoms with Crippen molar-refractivity contribution in [2.45, 2.75) is 20.3 Å². The Morgan fingerprint density at radius 2 is 2.09 bits per heavy atom. The third-order valence-electron chi connectivity index (χ3n) is 1.64. The van der Waals surface area contributed by atoms with Gasteiger partial charge >= 0.3 is 0 Å². The Morgan fingerprint density at radius 3 is 2.64 bits per heavy atom. The van der Waals surface area contributed by atoms with Crippen molar-refractivity contribution in [2.24, 2.45) is 0 Å². The summed E-state index contributed by atoms with van der Waals surface area (Å²) < 4.78 is 0.400. The number of aromatic amines is 2. The first kappa shape index (κ1) is 8.20. The van der Waals surface area contributed by atoms with E-state index in [-0.39, 0.29) is 5.56 Å². The second-order valence-electron chi connectivity index (χ2n) is 2.37. The average Bonchev–Trinajstić information content (AvgIpc) is 1.96. The molecule has 2 N–H and O–H groups in total. The Labute approximate surface area is 69.5 Å². The first-order valence-corrected chi connectivity index (χ1v) is 3.88. The molecule has 0 aromatic carbocycles. The van der Waals surface area contributed by atoms with Crippen LogP contribution in [0.15, 0.2) is 4.79 Å². The molecule has 0 saturated carbocycles. The van der Waals surface area contributed by atoms with Gasteiger partial charge in [0.2, 0.25) is 0 Å². The van der Waals surface area contributed by atoms with E-state index < -0.39 is 0 Å². The van der Waals surface area contributed by atoms with Crippen molar-refractivity contribution < 1.29 is 0 Å². The molecule has 0 saturated heterocycles. The maximum absolute atomic E-state index is 11.1. The molecule has 11 heavy (non-hydrogen) atoms. The molecule has 1 aromatic rings. The van der Waals surface area contributed by atoms with Crippen LogP contribution in [-0.2, 0) is 6.42 Å².